The molecule has 2 N–H and O–H groups in total. The summed E-state index contributed by atoms with van der Waals surface area (Å²) in [7, 11) is 0. The Morgan fingerprint density at radius 2 is 1.81 bits per heavy atom. The molecule has 0 aliphatic carbocycles. The molecule has 1 aromatic heterocycles. The number of hydrogen-bond donors (Lipinski definition) is 2. The van der Waals surface area contributed by atoms with Crippen molar-refractivity contribution in [3.8, 4) is 11.4 Å². The molecular formula is C17H17N3O. The first-order chi connectivity index (χ1) is 10.1. The van der Waals surface area contributed by atoms with Crippen molar-refractivity contribution in [1.29, 1.82) is 0 Å². The molecule has 4 nitrogen and oxygen atoms in total. The number of rotatable bonds is 3. The smallest absolute Gasteiger partial charge is 0.226 e. The molecule has 0 saturated carbocycles. The number of nitrogens with one attached hydrogen (secondary N) is 2. The maximum Gasteiger partial charge on any atom is 0.226 e. The first kappa shape index (κ1) is 13.4. The predicted octanol–water partition coefficient (Wildman–Crippen LogP) is 3.82. The van der Waals surface area contributed by atoms with Crippen LogP contribution in [0.25, 0.3) is 22.4 Å². The van der Waals surface area contributed by atoms with Crippen LogP contribution in [-0.2, 0) is 4.79 Å². The average Bonchev–Trinajstić information content (AvgIpc) is 2.91. The third-order valence-corrected chi connectivity index (χ3v) is 3.34. The van der Waals surface area contributed by atoms with Crippen molar-refractivity contribution in [2.45, 2.75) is 13.8 Å². The lowest BCUT2D eigenvalue weighted by atomic mass is 10.1. The molecule has 0 atom stereocenters. The van der Waals surface area contributed by atoms with Gasteiger partial charge >= 0.3 is 0 Å². The van der Waals surface area contributed by atoms with Gasteiger partial charge in [-0.1, -0.05) is 26.0 Å². The molecule has 21 heavy (non-hydrogen) atoms. The van der Waals surface area contributed by atoms with Crippen LogP contribution < -0.4 is 5.32 Å². The number of carbonyl (C=O) groups excluding carboxylic acids is 1. The summed E-state index contributed by atoms with van der Waals surface area (Å²) in [5, 5.41) is 2.88. The van der Waals surface area contributed by atoms with Crippen molar-refractivity contribution in [2.24, 2.45) is 5.92 Å². The van der Waals surface area contributed by atoms with Crippen LogP contribution in [0.4, 0.5) is 5.69 Å². The Morgan fingerprint density at radius 3 is 2.48 bits per heavy atom. The first-order valence-electron chi connectivity index (χ1n) is 6.99. The Balaban J connectivity index is 1.85. The molecule has 2 aromatic carbocycles. The zero-order valence-electron chi connectivity index (χ0n) is 12.1. The van der Waals surface area contributed by atoms with E-state index in [-0.39, 0.29) is 11.8 Å². The highest BCUT2D eigenvalue weighted by Crippen LogP contribution is 2.22. The molecule has 106 valence electrons. The third-order valence-electron chi connectivity index (χ3n) is 3.34. The number of aromatic amines is 1. The lowest BCUT2D eigenvalue weighted by Gasteiger charge is -2.07. The summed E-state index contributed by atoms with van der Waals surface area (Å²) in [6.07, 6.45) is 0. The van der Waals surface area contributed by atoms with E-state index >= 15 is 0 Å². The number of H-pyrrole nitrogens is 1. The van der Waals surface area contributed by atoms with E-state index in [9.17, 15) is 4.79 Å². The Hall–Kier alpha value is -2.62. The molecule has 4 heteroatoms. The predicted molar refractivity (Wildman–Crippen MR) is 85.0 cm³/mol. The zero-order valence-corrected chi connectivity index (χ0v) is 12.1. The van der Waals surface area contributed by atoms with Crippen LogP contribution in [0.1, 0.15) is 13.8 Å². The van der Waals surface area contributed by atoms with E-state index in [2.05, 4.69) is 15.3 Å². The van der Waals surface area contributed by atoms with Gasteiger partial charge in [-0.3, -0.25) is 4.79 Å². The Labute approximate surface area is 123 Å². The molecule has 0 aliphatic heterocycles. The molecule has 0 radical (unpaired) electrons. The van der Waals surface area contributed by atoms with Crippen molar-refractivity contribution in [1.82, 2.24) is 9.97 Å². The van der Waals surface area contributed by atoms with Crippen LogP contribution in [0.2, 0.25) is 0 Å². The van der Waals surface area contributed by atoms with E-state index in [0.29, 0.717) is 0 Å². The molecular weight excluding hydrogens is 262 g/mol. The van der Waals surface area contributed by atoms with Crippen LogP contribution in [0, 0.1) is 5.92 Å². The Bertz CT molecular complexity index is 739. The van der Waals surface area contributed by atoms with Crippen LogP contribution in [0.5, 0.6) is 0 Å². The van der Waals surface area contributed by atoms with Crippen LogP contribution in [-0.4, -0.2) is 15.9 Å². The van der Waals surface area contributed by atoms with Crippen molar-refractivity contribution in [3.05, 3.63) is 48.5 Å². The van der Waals surface area contributed by atoms with Gasteiger partial charge in [-0.2, -0.15) is 0 Å². The summed E-state index contributed by atoms with van der Waals surface area (Å²) in [4.78, 5) is 19.5. The summed E-state index contributed by atoms with van der Waals surface area (Å²) in [6.45, 7) is 3.75. The molecule has 0 fully saturated rings. The van der Waals surface area contributed by atoms with Crippen LogP contribution in [0.15, 0.2) is 48.5 Å². The minimum Gasteiger partial charge on any atom is -0.338 e. The van der Waals surface area contributed by atoms with E-state index in [1.807, 2.05) is 62.4 Å². The van der Waals surface area contributed by atoms with E-state index in [1.54, 1.807) is 0 Å². The maximum absolute atomic E-state index is 11.7. The number of aromatic nitrogens is 2. The Kier molecular flexibility index (Phi) is 3.44. The normalized spacial score (nSPS) is 11.0. The van der Waals surface area contributed by atoms with Crippen LogP contribution in [0.3, 0.4) is 0 Å². The number of para-hydroxylation sites is 2. The topological polar surface area (TPSA) is 57.8 Å². The fraction of sp³-hybridized carbons (Fsp3) is 0.176. The molecule has 0 spiro atoms. The monoisotopic (exact) mass is 279 g/mol. The average molecular weight is 279 g/mol. The molecule has 1 heterocycles. The SMILES string of the molecule is CC(C)C(=O)Nc1ccc(-c2nc3ccccc3[nH]2)cc1. The fourth-order valence-corrected chi connectivity index (χ4v) is 2.09. The standard InChI is InChI=1S/C17H17N3O/c1-11(2)17(21)18-13-9-7-12(8-10-13)16-19-14-5-3-4-6-15(14)20-16/h3-11H,1-2H3,(H,18,21)(H,19,20). The quantitative estimate of drug-likeness (QED) is 0.765. The Morgan fingerprint density at radius 1 is 1.10 bits per heavy atom. The summed E-state index contributed by atoms with van der Waals surface area (Å²) in [6, 6.07) is 15.6. The highest BCUT2D eigenvalue weighted by Gasteiger charge is 2.08. The number of imidazole rings is 1. The zero-order chi connectivity index (χ0) is 14.8. The molecule has 3 aromatic rings. The molecule has 1 amide bonds. The molecule has 0 unspecified atom stereocenters. The van der Waals surface area contributed by atoms with Gasteiger partial charge < -0.3 is 10.3 Å². The van der Waals surface area contributed by atoms with Gasteiger partial charge in [-0.25, -0.2) is 4.98 Å². The summed E-state index contributed by atoms with van der Waals surface area (Å²) < 4.78 is 0. The number of fused-ring (bicyclic) bond motifs is 1. The summed E-state index contributed by atoms with van der Waals surface area (Å²) >= 11 is 0. The minimum absolute atomic E-state index is 0.0199. The molecule has 0 bridgehead atoms. The molecule has 0 aliphatic rings. The fourth-order valence-electron chi connectivity index (χ4n) is 2.09. The molecule has 0 saturated heterocycles. The van der Waals surface area contributed by atoms with E-state index < -0.39 is 0 Å². The van der Waals surface area contributed by atoms with Gasteiger partial charge in [0.15, 0.2) is 0 Å². The largest absolute Gasteiger partial charge is 0.338 e. The van der Waals surface area contributed by atoms with Gasteiger partial charge in [0.1, 0.15) is 5.82 Å². The van der Waals surface area contributed by atoms with Gasteiger partial charge in [-0.05, 0) is 36.4 Å². The summed E-state index contributed by atoms with van der Waals surface area (Å²) in [5.41, 5.74) is 3.76. The highest BCUT2D eigenvalue weighted by atomic mass is 16.1. The van der Waals surface area contributed by atoms with Crippen molar-refractivity contribution < 1.29 is 4.79 Å². The minimum atomic E-state index is -0.0277. The third kappa shape index (κ3) is 2.79. The van der Waals surface area contributed by atoms with Crippen LogP contribution >= 0.6 is 0 Å². The highest BCUT2D eigenvalue weighted by molar-refractivity contribution is 5.92. The maximum atomic E-state index is 11.7. The van der Waals surface area contributed by atoms with Gasteiger partial charge in [0, 0.05) is 17.2 Å². The number of anilines is 1. The molecule has 3 rings (SSSR count). The van der Waals surface area contributed by atoms with Crippen molar-refractivity contribution in [2.75, 3.05) is 5.32 Å². The lowest BCUT2D eigenvalue weighted by Crippen LogP contribution is -2.17. The van der Waals surface area contributed by atoms with Gasteiger partial charge in [0.2, 0.25) is 5.91 Å². The second kappa shape index (κ2) is 5.40. The second-order valence-electron chi connectivity index (χ2n) is 5.32. The van der Waals surface area contributed by atoms with E-state index in [0.717, 1.165) is 28.1 Å². The van der Waals surface area contributed by atoms with Gasteiger partial charge in [0.25, 0.3) is 0 Å². The van der Waals surface area contributed by atoms with Gasteiger partial charge in [-0.15, -0.1) is 0 Å². The van der Waals surface area contributed by atoms with Crippen molar-refractivity contribution >= 4 is 22.6 Å². The lowest BCUT2D eigenvalue weighted by molar-refractivity contribution is -0.118. The van der Waals surface area contributed by atoms with E-state index in [4.69, 9.17) is 0 Å². The van der Waals surface area contributed by atoms with E-state index in [1.165, 1.54) is 0 Å². The van der Waals surface area contributed by atoms with Crippen molar-refractivity contribution in [3.63, 3.8) is 0 Å². The first-order valence-corrected chi connectivity index (χ1v) is 6.99. The second-order valence-corrected chi connectivity index (χ2v) is 5.32. The number of nitrogens with zero attached hydrogens (tertiary/aromatic N) is 1. The van der Waals surface area contributed by atoms with Gasteiger partial charge in [0.05, 0.1) is 11.0 Å². The number of hydrogen-bond acceptors (Lipinski definition) is 2. The number of benzene rings is 2. The number of carbonyl (C=O) groups is 1. The number of amides is 1. The summed E-state index contributed by atoms with van der Waals surface area (Å²) in [5.74, 6) is 0.824.